The lowest BCUT2D eigenvalue weighted by Crippen LogP contribution is -2.50. The minimum Gasteiger partial charge on any atom is -0.335 e. The zero-order chi connectivity index (χ0) is 18.0. The van der Waals surface area contributed by atoms with Crippen LogP contribution in [0.5, 0.6) is 0 Å². The molecule has 1 fully saturated rings. The quantitative estimate of drug-likeness (QED) is 0.785. The Kier molecular flexibility index (Phi) is 5.57. The van der Waals surface area contributed by atoms with E-state index in [-0.39, 0.29) is 11.8 Å². The first-order chi connectivity index (χ1) is 12.0. The topological polar surface area (TPSA) is 40.6 Å². The van der Waals surface area contributed by atoms with E-state index >= 15 is 0 Å². The highest BCUT2D eigenvalue weighted by Gasteiger charge is 2.27. The second-order valence-electron chi connectivity index (χ2n) is 5.73. The van der Waals surface area contributed by atoms with Crippen molar-refractivity contribution in [2.24, 2.45) is 0 Å². The van der Waals surface area contributed by atoms with E-state index in [1.807, 2.05) is 12.1 Å². The first-order valence-electron chi connectivity index (χ1n) is 7.79. The Morgan fingerprint density at radius 3 is 2.00 bits per heavy atom. The van der Waals surface area contributed by atoms with Gasteiger partial charge < -0.3 is 9.80 Å². The summed E-state index contributed by atoms with van der Waals surface area (Å²) in [5.74, 6) is -0.243. The highest BCUT2D eigenvalue weighted by atomic mass is 35.5. The summed E-state index contributed by atoms with van der Waals surface area (Å²) in [5, 5.41) is 0.837. The van der Waals surface area contributed by atoms with Gasteiger partial charge in [0, 0.05) is 36.1 Å². The van der Waals surface area contributed by atoms with E-state index < -0.39 is 0 Å². The van der Waals surface area contributed by atoms with Crippen LogP contribution >= 0.6 is 35.8 Å². The maximum absolute atomic E-state index is 12.6. The molecule has 0 atom stereocenters. The minimum absolute atomic E-state index is 0.0708. The Balaban J connectivity index is 1.68. The zero-order valence-corrected chi connectivity index (χ0v) is 15.7. The Labute approximate surface area is 161 Å². The molecule has 2 aromatic carbocycles. The average Bonchev–Trinajstić information content (AvgIpc) is 2.63. The van der Waals surface area contributed by atoms with Crippen molar-refractivity contribution in [1.29, 1.82) is 0 Å². The molecule has 0 bridgehead atoms. The number of carbonyl (C=O) groups excluding carboxylic acids is 2. The van der Waals surface area contributed by atoms with Crippen molar-refractivity contribution in [2.45, 2.75) is 4.90 Å². The molecule has 0 unspecified atom stereocenters. The van der Waals surface area contributed by atoms with Gasteiger partial charge in [-0.05, 0) is 30.3 Å². The molecule has 25 heavy (non-hydrogen) atoms. The molecule has 130 valence electrons. The largest absolute Gasteiger partial charge is 0.335 e. The smallest absolute Gasteiger partial charge is 0.255 e. The van der Waals surface area contributed by atoms with Crippen LogP contribution in [0.2, 0.25) is 10.0 Å². The van der Waals surface area contributed by atoms with Crippen LogP contribution in [0.25, 0.3) is 0 Å². The van der Waals surface area contributed by atoms with Crippen molar-refractivity contribution >= 4 is 47.6 Å². The zero-order valence-electron chi connectivity index (χ0n) is 13.3. The summed E-state index contributed by atoms with van der Waals surface area (Å²) in [6.07, 6.45) is 0. The van der Waals surface area contributed by atoms with E-state index in [4.69, 9.17) is 23.2 Å². The van der Waals surface area contributed by atoms with Gasteiger partial charge in [-0.25, -0.2) is 0 Å². The Bertz CT molecular complexity index is 820. The van der Waals surface area contributed by atoms with Crippen LogP contribution in [0, 0.1) is 0 Å². The normalized spacial score (nSPS) is 14.5. The van der Waals surface area contributed by atoms with Crippen molar-refractivity contribution in [2.75, 3.05) is 26.2 Å². The fraction of sp³-hybridized carbons (Fsp3) is 0.222. The number of carbonyl (C=O) groups is 2. The molecule has 2 aromatic rings. The van der Waals surface area contributed by atoms with E-state index in [0.29, 0.717) is 52.2 Å². The number of rotatable bonds is 2. The predicted molar refractivity (Wildman–Crippen MR) is 102 cm³/mol. The molecule has 0 radical (unpaired) electrons. The lowest BCUT2D eigenvalue weighted by Gasteiger charge is -2.35. The van der Waals surface area contributed by atoms with Crippen LogP contribution in [0.15, 0.2) is 47.4 Å². The van der Waals surface area contributed by atoms with Gasteiger partial charge in [0.15, 0.2) is 0 Å². The fourth-order valence-corrected chi connectivity index (χ4v) is 3.40. The maximum atomic E-state index is 12.6. The fourth-order valence-electron chi connectivity index (χ4n) is 2.77. The van der Waals surface area contributed by atoms with Gasteiger partial charge in [-0.3, -0.25) is 9.59 Å². The van der Waals surface area contributed by atoms with Crippen molar-refractivity contribution in [3.05, 3.63) is 63.6 Å². The summed E-state index contributed by atoms with van der Waals surface area (Å²) >= 11 is 16.4. The second kappa shape index (κ2) is 7.68. The third-order valence-electron chi connectivity index (χ3n) is 4.15. The van der Waals surface area contributed by atoms with Crippen LogP contribution in [-0.4, -0.2) is 47.8 Å². The Morgan fingerprint density at radius 2 is 1.40 bits per heavy atom. The second-order valence-corrected chi connectivity index (χ2v) is 7.05. The molecule has 1 aliphatic heterocycles. The molecule has 0 spiro atoms. The number of nitrogens with zero attached hydrogens (tertiary/aromatic N) is 2. The van der Waals surface area contributed by atoms with Gasteiger partial charge in [0.1, 0.15) is 0 Å². The summed E-state index contributed by atoms with van der Waals surface area (Å²) in [6, 6.07) is 12.0. The number of halogens is 2. The Hall–Kier alpha value is -1.69. The molecule has 0 saturated carbocycles. The molecule has 7 heteroatoms. The van der Waals surface area contributed by atoms with Gasteiger partial charge in [0.25, 0.3) is 11.8 Å². The van der Waals surface area contributed by atoms with Crippen LogP contribution in [0.4, 0.5) is 0 Å². The lowest BCUT2D eigenvalue weighted by molar-refractivity contribution is 0.0533. The third kappa shape index (κ3) is 3.94. The van der Waals surface area contributed by atoms with E-state index in [0.717, 1.165) is 0 Å². The van der Waals surface area contributed by atoms with Crippen molar-refractivity contribution in [3.63, 3.8) is 0 Å². The molecule has 1 saturated heterocycles. The van der Waals surface area contributed by atoms with Crippen molar-refractivity contribution < 1.29 is 9.59 Å². The number of hydrogen-bond donors (Lipinski definition) is 1. The van der Waals surface area contributed by atoms with Crippen molar-refractivity contribution in [3.8, 4) is 0 Å². The van der Waals surface area contributed by atoms with Gasteiger partial charge in [0.2, 0.25) is 0 Å². The molecule has 1 heterocycles. The Morgan fingerprint density at radius 1 is 0.840 bits per heavy atom. The first kappa shape index (κ1) is 18.1. The average molecular weight is 395 g/mol. The molecule has 4 nitrogen and oxygen atoms in total. The van der Waals surface area contributed by atoms with Crippen LogP contribution < -0.4 is 0 Å². The van der Waals surface area contributed by atoms with Gasteiger partial charge in [-0.15, -0.1) is 12.6 Å². The minimum atomic E-state index is -0.172. The van der Waals surface area contributed by atoms with Gasteiger partial charge >= 0.3 is 0 Å². The van der Waals surface area contributed by atoms with Crippen LogP contribution in [0.1, 0.15) is 20.7 Å². The van der Waals surface area contributed by atoms with Crippen LogP contribution in [0.3, 0.4) is 0 Å². The highest BCUT2D eigenvalue weighted by Crippen LogP contribution is 2.23. The number of piperazine rings is 1. The van der Waals surface area contributed by atoms with E-state index in [2.05, 4.69) is 12.6 Å². The molecular weight excluding hydrogens is 379 g/mol. The van der Waals surface area contributed by atoms with Gasteiger partial charge in [-0.2, -0.15) is 0 Å². The molecule has 0 aromatic heterocycles. The number of hydrogen-bond acceptors (Lipinski definition) is 3. The summed E-state index contributed by atoms with van der Waals surface area (Å²) < 4.78 is 0. The molecule has 1 aliphatic rings. The lowest BCUT2D eigenvalue weighted by atomic mass is 10.1. The maximum Gasteiger partial charge on any atom is 0.255 e. The van der Waals surface area contributed by atoms with Crippen LogP contribution in [-0.2, 0) is 0 Å². The molecule has 3 rings (SSSR count). The highest BCUT2D eigenvalue weighted by molar-refractivity contribution is 7.80. The summed E-state index contributed by atoms with van der Waals surface area (Å²) in [5.41, 5.74) is 0.957. The number of benzene rings is 2. The summed E-state index contributed by atoms with van der Waals surface area (Å²) in [6.45, 7) is 1.82. The summed E-state index contributed by atoms with van der Waals surface area (Å²) in [4.78, 5) is 29.3. The standard InChI is InChI=1S/C18H16Cl2N2O2S/c19-12-5-6-15(20)14(11-12)18(24)22-9-7-21(8-10-22)17(23)13-3-1-2-4-16(13)25/h1-6,11,25H,7-10H2. The van der Waals surface area contributed by atoms with Gasteiger partial charge in [-0.1, -0.05) is 35.3 Å². The predicted octanol–water partition coefficient (Wildman–Crippen LogP) is 3.88. The van der Waals surface area contributed by atoms with Crippen molar-refractivity contribution in [1.82, 2.24) is 9.80 Å². The molecular formula is C18H16Cl2N2O2S. The SMILES string of the molecule is O=C(c1ccccc1S)N1CCN(C(=O)c2cc(Cl)ccc2Cl)CC1. The third-order valence-corrected chi connectivity index (χ3v) is 5.10. The molecule has 2 amide bonds. The first-order valence-corrected chi connectivity index (χ1v) is 8.99. The number of thiol groups is 1. The summed E-state index contributed by atoms with van der Waals surface area (Å²) in [7, 11) is 0. The molecule has 0 aliphatic carbocycles. The van der Waals surface area contributed by atoms with E-state index in [9.17, 15) is 9.59 Å². The molecule has 0 N–H and O–H groups in total. The van der Waals surface area contributed by atoms with E-state index in [1.165, 1.54) is 0 Å². The monoisotopic (exact) mass is 394 g/mol. The number of amides is 2. The van der Waals surface area contributed by atoms with E-state index in [1.54, 1.807) is 40.1 Å². The van der Waals surface area contributed by atoms with Gasteiger partial charge in [0.05, 0.1) is 16.1 Å².